The largest absolute Gasteiger partial charge is 0.352 e. The Morgan fingerprint density at radius 3 is 2.87 bits per heavy atom. The maximum absolute atomic E-state index is 13.1. The summed E-state index contributed by atoms with van der Waals surface area (Å²) in [5.41, 5.74) is 0.326. The van der Waals surface area contributed by atoms with Crippen LogP contribution in [0.2, 0.25) is 0 Å². The molecule has 0 aliphatic carbocycles. The minimum absolute atomic E-state index is 0.0380. The number of likely N-dealkylation sites (N-methyl/N-ethyl adjacent to an activating group) is 1. The van der Waals surface area contributed by atoms with Gasteiger partial charge >= 0.3 is 0 Å². The lowest BCUT2D eigenvalue weighted by Crippen LogP contribution is -2.43. The van der Waals surface area contributed by atoms with Crippen LogP contribution in [0.4, 0.5) is 4.39 Å². The highest BCUT2D eigenvalue weighted by Gasteiger charge is 2.30. The van der Waals surface area contributed by atoms with E-state index in [1.807, 2.05) is 0 Å². The van der Waals surface area contributed by atoms with E-state index in [0.717, 1.165) is 32.4 Å². The van der Waals surface area contributed by atoms with Crippen LogP contribution in [-0.2, 0) is 4.79 Å². The Hall–Kier alpha value is -1.95. The number of nitrogens with one attached hydrogen (secondary N) is 1. The van der Waals surface area contributed by atoms with Crippen LogP contribution in [0, 0.1) is 5.82 Å². The molecule has 1 aliphatic rings. The third-order valence-electron chi connectivity index (χ3n) is 4.08. The quantitative estimate of drug-likeness (QED) is 0.808. The highest BCUT2D eigenvalue weighted by molar-refractivity contribution is 5.94. The van der Waals surface area contributed by atoms with Gasteiger partial charge in [0.25, 0.3) is 5.91 Å². The zero-order valence-electron chi connectivity index (χ0n) is 13.7. The molecular weight excluding hydrogens is 297 g/mol. The minimum Gasteiger partial charge on any atom is -0.352 e. The number of nitrogens with zero attached hydrogens (tertiary/aromatic N) is 2. The van der Waals surface area contributed by atoms with E-state index >= 15 is 0 Å². The van der Waals surface area contributed by atoms with Crippen LogP contribution in [-0.4, -0.2) is 61.4 Å². The zero-order chi connectivity index (χ0) is 16.8. The average Bonchev–Trinajstić information content (AvgIpc) is 2.98. The molecule has 0 bridgehead atoms. The Balaban J connectivity index is 1.74. The molecule has 1 heterocycles. The van der Waals surface area contributed by atoms with Crippen LogP contribution in [0.25, 0.3) is 0 Å². The van der Waals surface area contributed by atoms with Gasteiger partial charge in [0, 0.05) is 32.7 Å². The second kappa shape index (κ2) is 8.06. The first-order valence-corrected chi connectivity index (χ1v) is 7.98. The second-order valence-electron chi connectivity index (χ2n) is 6.05. The molecule has 6 heteroatoms. The molecule has 1 aliphatic heterocycles. The fourth-order valence-corrected chi connectivity index (χ4v) is 2.89. The number of benzene rings is 1. The molecule has 2 amide bonds. The van der Waals surface area contributed by atoms with Crippen LogP contribution >= 0.6 is 0 Å². The normalized spacial score (nSPS) is 18.0. The summed E-state index contributed by atoms with van der Waals surface area (Å²) in [6.45, 7) is 2.20. The monoisotopic (exact) mass is 321 g/mol. The Labute approximate surface area is 136 Å². The molecule has 126 valence electrons. The summed E-state index contributed by atoms with van der Waals surface area (Å²) in [5.74, 6) is -0.544. The maximum Gasteiger partial charge on any atom is 0.251 e. The van der Waals surface area contributed by atoms with Gasteiger partial charge in [-0.2, -0.15) is 0 Å². The summed E-state index contributed by atoms with van der Waals surface area (Å²) in [6.07, 6.45) is 2.69. The third kappa shape index (κ3) is 4.76. The van der Waals surface area contributed by atoms with E-state index in [4.69, 9.17) is 0 Å². The van der Waals surface area contributed by atoms with Gasteiger partial charge in [0.05, 0.1) is 6.04 Å². The second-order valence-corrected chi connectivity index (χ2v) is 6.05. The first-order chi connectivity index (χ1) is 11.0. The van der Waals surface area contributed by atoms with Gasteiger partial charge < -0.3 is 10.2 Å². The van der Waals surface area contributed by atoms with Gasteiger partial charge in [-0.05, 0) is 44.0 Å². The fourth-order valence-electron chi connectivity index (χ4n) is 2.89. The summed E-state index contributed by atoms with van der Waals surface area (Å²) in [7, 11) is 3.55. The molecule has 2 rings (SSSR count). The lowest BCUT2D eigenvalue weighted by molar-refractivity contribution is -0.133. The van der Waals surface area contributed by atoms with Crippen molar-refractivity contribution in [2.75, 3.05) is 33.7 Å². The summed E-state index contributed by atoms with van der Waals surface area (Å²) in [5, 5.41) is 2.79. The van der Waals surface area contributed by atoms with Gasteiger partial charge in [0.2, 0.25) is 5.91 Å². The molecule has 1 atom stereocenters. The molecule has 23 heavy (non-hydrogen) atoms. The molecule has 1 fully saturated rings. The van der Waals surface area contributed by atoms with Crippen molar-refractivity contribution < 1.29 is 14.0 Å². The predicted octanol–water partition coefficient (Wildman–Crippen LogP) is 1.50. The fraction of sp³-hybridized carbons (Fsp3) is 0.529. The Morgan fingerprint density at radius 1 is 1.39 bits per heavy atom. The van der Waals surface area contributed by atoms with Crippen LogP contribution in [0.5, 0.6) is 0 Å². The Kier molecular flexibility index (Phi) is 6.10. The van der Waals surface area contributed by atoms with Crippen molar-refractivity contribution in [3.05, 3.63) is 35.6 Å². The van der Waals surface area contributed by atoms with Crippen molar-refractivity contribution in [3.8, 4) is 0 Å². The molecule has 1 aromatic rings. The SMILES string of the molecule is CN(C)C(=O)C1CCCN1CCCNC(=O)c1cccc(F)c1. The molecule has 0 spiro atoms. The number of rotatable bonds is 6. The third-order valence-corrected chi connectivity index (χ3v) is 4.08. The van der Waals surface area contributed by atoms with E-state index in [0.29, 0.717) is 12.1 Å². The van der Waals surface area contributed by atoms with E-state index in [1.165, 1.54) is 18.2 Å². The van der Waals surface area contributed by atoms with Gasteiger partial charge in [-0.1, -0.05) is 6.07 Å². The maximum atomic E-state index is 13.1. The molecule has 1 saturated heterocycles. The van der Waals surface area contributed by atoms with Crippen LogP contribution in [0.3, 0.4) is 0 Å². The topological polar surface area (TPSA) is 52.7 Å². The molecular formula is C17H24FN3O2. The van der Waals surface area contributed by atoms with Gasteiger partial charge in [-0.25, -0.2) is 4.39 Å². The number of hydrogen-bond acceptors (Lipinski definition) is 3. The van der Waals surface area contributed by atoms with Crippen molar-refractivity contribution in [2.45, 2.75) is 25.3 Å². The number of carbonyl (C=O) groups is 2. The van der Waals surface area contributed by atoms with E-state index < -0.39 is 5.82 Å². The lowest BCUT2D eigenvalue weighted by atomic mass is 10.2. The molecule has 1 N–H and O–H groups in total. The summed E-state index contributed by atoms with van der Waals surface area (Å²) < 4.78 is 13.1. The summed E-state index contributed by atoms with van der Waals surface area (Å²) >= 11 is 0. The summed E-state index contributed by atoms with van der Waals surface area (Å²) in [4.78, 5) is 27.8. The van der Waals surface area contributed by atoms with E-state index in [1.54, 1.807) is 25.1 Å². The molecule has 1 aromatic carbocycles. The van der Waals surface area contributed by atoms with Crippen LogP contribution in [0.15, 0.2) is 24.3 Å². The minimum atomic E-state index is -0.417. The van der Waals surface area contributed by atoms with Gasteiger partial charge in [-0.15, -0.1) is 0 Å². The Morgan fingerprint density at radius 2 is 2.17 bits per heavy atom. The van der Waals surface area contributed by atoms with Gasteiger partial charge in [0.1, 0.15) is 5.82 Å². The highest BCUT2D eigenvalue weighted by atomic mass is 19.1. The molecule has 5 nitrogen and oxygen atoms in total. The molecule has 0 aromatic heterocycles. The van der Waals surface area contributed by atoms with Crippen LogP contribution < -0.4 is 5.32 Å². The van der Waals surface area contributed by atoms with Crippen LogP contribution in [0.1, 0.15) is 29.6 Å². The van der Waals surface area contributed by atoms with Crippen molar-refractivity contribution >= 4 is 11.8 Å². The summed E-state index contributed by atoms with van der Waals surface area (Å²) in [6, 6.07) is 5.61. The zero-order valence-corrected chi connectivity index (χ0v) is 13.7. The molecule has 0 saturated carbocycles. The number of hydrogen-bond donors (Lipinski definition) is 1. The first kappa shape index (κ1) is 17.4. The number of amides is 2. The van der Waals surface area contributed by atoms with E-state index in [9.17, 15) is 14.0 Å². The molecule has 1 unspecified atom stereocenters. The number of likely N-dealkylation sites (tertiary alicyclic amines) is 1. The van der Waals surface area contributed by atoms with Crippen molar-refractivity contribution in [3.63, 3.8) is 0 Å². The van der Waals surface area contributed by atoms with Crippen molar-refractivity contribution in [1.29, 1.82) is 0 Å². The lowest BCUT2D eigenvalue weighted by Gasteiger charge is -2.26. The van der Waals surface area contributed by atoms with Gasteiger partial charge in [0.15, 0.2) is 0 Å². The first-order valence-electron chi connectivity index (χ1n) is 7.98. The highest BCUT2D eigenvalue weighted by Crippen LogP contribution is 2.18. The average molecular weight is 321 g/mol. The Bertz CT molecular complexity index is 563. The predicted molar refractivity (Wildman–Crippen MR) is 86.6 cm³/mol. The van der Waals surface area contributed by atoms with E-state index in [-0.39, 0.29) is 17.9 Å². The number of halogens is 1. The van der Waals surface area contributed by atoms with Gasteiger partial charge in [-0.3, -0.25) is 14.5 Å². The number of carbonyl (C=O) groups excluding carboxylic acids is 2. The molecule has 0 radical (unpaired) electrons. The smallest absolute Gasteiger partial charge is 0.251 e. The van der Waals surface area contributed by atoms with E-state index in [2.05, 4.69) is 10.2 Å². The standard InChI is InChI=1S/C17H24FN3O2/c1-20(2)17(23)15-8-4-10-21(15)11-5-9-19-16(22)13-6-3-7-14(18)12-13/h3,6-7,12,15H,4-5,8-11H2,1-2H3,(H,19,22). The van der Waals surface area contributed by atoms with Crippen molar-refractivity contribution in [1.82, 2.24) is 15.1 Å². The van der Waals surface area contributed by atoms with Crippen molar-refractivity contribution in [2.24, 2.45) is 0 Å².